The van der Waals surface area contributed by atoms with Gasteiger partial charge in [0.2, 0.25) is 0 Å². The van der Waals surface area contributed by atoms with Gasteiger partial charge in [0.15, 0.2) is 0 Å². The van der Waals surface area contributed by atoms with E-state index in [4.69, 9.17) is 0 Å². The normalized spacial score (nSPS) is 11.6. The van der Waals surface area contributed by atoms with Crippen LogP contribution >= 0.6 is 11.3 Å². The third-order valence-corrected chi connectivity index (χ3v) is 12.5. The largest absolute Gasteiger partial charge is 0.309 e. The van der Waals surface area contributed by atoms with Gasteiger partial charge in [-0.3, -0.25) is 0 Å². The van der Waals surface area contributed by atoms with Crippen LogP contribution in [-0.2, 0) is 0 Å². The van der Waals surface area contributed by atoms with E-state index in [0.717, 1.165) is 49.9 Å². The van der Waals surface area contributed by atoms with Gasteiger partial charge < -0.3 is 4.90 Å². The summed E-state index contributed by atoms with van der Waals surface area (Å²) >= 11 is 1.83. The van der Waals surface area contributed by atoms with Gasteiger partial charge in [-0.2, -0.15) is 0 Å². The van der Waals surface area contributed by atoms with Crippen LogP contribution in [0.3, 0.4) is 0 Å². The van der Waals surface area contributed by atoms with E-state index in [1.807, 2.05) is 41.7 Å². The summed E-state index contributed by atoms with van der Waals surface area (Å²) in [4.78, 5) is 2.40. The Hall–Kier alpha value is -7.07. The van der Waals surface area contributed by atoms with E-state index in [0.29, 0.717) is 5.39 Å². The van der Waals surface area contributed by atoms with Crippen molar-refractivity contribution in [2.75, 3.05) is 4.90 Å². The Bertz CT molecular complexity index is 3300. The Balaban J connectivity index is 1.15. The molecule has 11 rings (SSSR count). The fourth-order valence-electron chi connectivity index (χ4n) is 8.71. The topological polar surface area (TPSA) is 3.24 Å². The van der Waals surface area contributed by atoms with Crippen LogP contribution in [0.5, 0.6) is 0 Å². The van der Waals surface area contributed by atoms with Crippen molar-refractivity contribution in [3.8, 4) is 33.4 Å². The Morgan fingerprint density at radius 1 is 0.368 bits per heavy atom. The molecule has 0 N–H and O–H groups in total. The molecule has 0 aliphatic heterocycles. The minimum atomic E-state index is -0.213. The van der Waals surface area contributed by atoms with Crippen molar-refractivity contribution < 1.29 is 4.39 Å². The standard InChI is InChI=1S/C54H34FNS/c55-50-32-31-45(44-19-6-7-20-46(44)50)49-34-40(33-38-15-4-5-18-41(38)49)56(51-25-12-24-48-47-21-8-9-26-52(47)57-54(48)51)39-29-27-36(28-30-39)43-23-11-17-37-16-10-22-42(53(37)43)35-13-2-1-3-14-35/h1-34H. The van der Waals surface area contributed by atoms with Crippen LogP contribution < -0.4 is 4.90 Å². The van der Waals surface area contributed by atoms with Crippen LogP contribution in [-0.4, -0.2) is 0 Å². The third-order valence-electron chi connectivity index (χ3n) is 11.3. The van der Waals surface area contributed by atoms with Gasteiger partial charge in [-0.1, -0.05) is 164 Å². The second-order valence-corrected chi connectivity index (χ2v) is 15.6. The summed E-state index contributed by atoms with van der Waals surface area (Å²) in [5, 5.41) is 8.72. The molecule has 0 unspecified atom stereocenters. The molecular formula is C54H34FNS. The average Bonchev–Trinajstić information content (AvgIpc) is 3.66. The number of fused-ring (bicyclic) bond motifs is 6. The van der Waals surface area contributed by atoms with Crippen LogP contribution in [0.2, 0.25) is 0 Å². The Labute approximate surface area is 334 Å². The monoisotopic (exact) mass is 747 g/mol. The lowest BCUT2D eigenvalue weighted by atomic mass is 9.91. The van der Waals surface area contributed by atoms with Gasteiger partial charge in [0.25, 0.3) is 0 Å². The molecule has 0 saturated heterocycles. The van der Waals surface area contributed by atoms with Crippen LogP contribution in [0.4, 0.5) is 21.5 Å². The summed E-state index contributed by atoms with van der Waals surface area (Å²) in [5.74, 6) is -0.213. The van der Waals surface area contributed by atoms with E-state index < -0.39 is 0 Å². The minimum absolute atomic E-state index is 0.213. The molecule has 11 aromatic rings. The molecule has 0 saturated carbocycles. The average molecular weight is 748 g/mol. The highest BCUT2D eigenvalue weighted by Crippen LogP contribution is 2.47. The zero-order valence-electron chi connectivity index (χ0n) is 30.9. The molecule has 0 amide bonds. The van der Waals surface area contributed by atoms with Crippen molar-refractivity contribution in [2.45, 2.75) is 0 Å². The first kappa shape index (κ1) is 33.3. The lowest BCUT2D eigenvalue weighted by Gasteiger charge is -2.28. The Morgan fingerprint density at radius 3 is 1.77 bits per heavy atom. The van der Waals surface area contributed by atoms with Crippen molar-refractivity contribution in [2.24, 2.45) is 0 Å². The summed E-state index contributed by atoms with van der Waals surface area (Å²) in [6, 6.07) is 72.6. The first-order chi connectivity index (χ1) is 28.2. The quantitative estimate of drug-likeness (QED) is 0.164. The van der Waals surface area contributed by atoms with Gasteiger partial charge in [-0.15, -0.1) is 11.3 Å². The molecule has 268 valence electrons. The number of halogens is 1. The molecule has 57 heavy (non-hydrogen) atoms. The molecule has 3 heteroatoms. The number of benzene rings is 10. The predicted molar refractivity (Wildman–Crippen MR) is 243 cm³/mol. The molecule has 10 aromatic carbocycles. The van der Waals surface area contributed by atoms with Gasteiger partial charge in [0, 0.05) is 32.2 Å². The minimum Gasteiger partial charge on any atom is -0.309 e. The number of anilines is 3. The second kappa shape index (κ2) is 13.6. The van der Waals surface area contributed by atoms with Crippen molar-refractivity contribution in [1.29, 1.82) is 0 Å². The first-order valence-electron chi connectivity index (χ1n) is 19.3. The zero-order valence-corrected chi connectivity index (χ0v) is 31.7. The van der Waals surface area contributed by atoms with E-state index in [-0.39, 0.29) is 5.82 Å². The van der Waals surface area contributed by atoms with E-state index in [9.17, 15) is 0 Å². The van der Waals surface area contributed by atoms with Crippen molar-refractivity contribution in [3.05, 3.63) is 212 Å². The molecule has 0 bridgehead atoms. The highest BCUT2D eigenvalue weighted by molar-refractivity contribution is 7.26. The molecule has 0 aliphatic rings. The Morgan fingerprint density at radius 2 is 0.982 bits per heavy atom. The molecule has 1 nitrogen and oxygen atoms in total. The molecular weight excluding hydrogens is 714 g/mol. The summed E-state index contributed by atoms with van der Waals surface area (Å²) in [6.45, 7) is 0. The summed E-state index contributed by atoms with van der Waals surface area (Å²) in [5.41, 5.74) is 10.1. The summed E-state index contributed by atoms with van der Waals surface area (Å²) in [7, 11) is 0. The van der Waals surface area contributed by atoms with Crippen LogP contribution in [0.1, 0.15) is 0 Å². The molecule has 0 spiro atoms. The fraction of sp³-hybridized carbons (Fsp3) is 0. The third kappa shape index (κ3) is 5.58. The number of hydrogen-bond acceptors (Lipinski definition) is 2. The van der Waals surface area contributed by atoms with E-state index in [2.05, 4.69) is 175 Å². The van der Waals surface area contributed by atoms with Crippen LogP contribution in [0.15, 0.2) is 206 Å². The van der Waals surface area contributed by atoms with E-state index >= 15 is 4.39 Å². The highest BCUT2D eigenvalue weighted by Gasteiger charge is 2.21. The Kier molecular flexibility index (Phi) is 7.94. The number of rotatable bonds is 6. The molecule has 0 atom stereocenters. The van der Waals surface area contributed by atoms with E-state index in [1.54, 1.807) is 6.07 Å². The lowest BCUT2D eigenvalue weighted by molar-refractivity contribution is 0.640. The molecule has 1 heterocycles. The van der Waals surface area contributed by atoms with Crippen LogP contribution in [0, 0.1) is 5.82 Å². The number of thiophene rings is 1. The number of hydrogen-bond donors (Lipinski definition) is 0. The lowest BCUT2D eigenvalue weighted by Crippen LogP contribution is -2.10. The van der Waals surface area contributed by atoms with Gasteiger partial charge in [0.05, 0.1) is 10.4 Å². The molecule has 0 radical (unpaired) electrons. The summed E-state index contributed by atoms with van der Waals surface area (Å²) in [6.07, 6.45) is 0. The maximum Gasteiger partial charge on any atom is 0.131 e. The second-order valence-electron chi connectivity index (χ2n) is 14.6. The van der Waals surface area contributed by atoms with Crippen molar-refractivity contribution in [1.82, 2.24) is 0 Å². The number of nitrogens with zero attached hydrogens (tertiary/aromatic N) is 1. The molecule has 0 aliphatic carbocycles. The van der Waals surface area contributed by atoms with Gasteiger partial charge in [0.1, 0.15) is 5.82 Å². The molecule has 1 aromatic heterocycles. The zero-order chi connectivity index (χ0) is 37.9. The van der Waals surface area contributed by atoms with Crippen molar-refractivity contribution >= 4 is 80.9 Å². The van der Waals surface area contributed by atoms with Gasteiger partial charge in [-0.05, 0) is 103 Å². The maximum absolute atomic E-state index is 15.2. The van der Waals surface area contributed by atoms with Crippen molar-refractivity contribution in [3.63, 3.8) is 0 Å². The van der Waals surface area contributed by atoms with Gasteiger partial charge >= 0.3 is 0 Å². The fourth-order valence-corrected chi connectivity index (χ4v) is 9.92. The first-order valence-corrected chi connectivity index (χ1v) is 20.1. The summed E-state index contributed by atoms with van der Waals surface area (Å²) < 4.78 is 17.7. The smallest absolute Gasteiger partial charge is 0.131 e. The van der Waals surface area contributed by atoms with E-state index in [1.165, 1.54) is 47.6 Å². The van der Waals surface area contributed by atoms with Gasteiger partial charge in [-0.25, -0.2) is 4.39 Å². The maximum atomic E-state index is 15.2. The molecule has 0 fully saturated rings. The van der Waals surface area contributed by atoms with Crippen LogP contribution in [0.25, 0.3) is 85.9 Å². The predicted octanol–water partition coefficient (Wildman–Crippen LogP) is 16.1. The SMILES string of the molecule is Fc1ccc(-c2cc(N(c3ccc(-c4cccc5cccc(-c6ccccc6)c45)cc3)c3cccc4c3sc3ccccc34)cc3ccccc23)c2ccccc12. The highest BCUT2D eigenvalue weighted by atomic mass is 32.1.